The number of carboxylic acid groups (broad SMARTS) is 1. The fourth-order valence-electron chi connectivity index (χ4n) is 2.15. The molecular weight excluding hydrogens is 282 g/mol. The first-order chi connectivity index (χ1) is 10.6. The summed E-state index contributed by atoms with van der Waals surface area (Å²) in [7, 11) is 0. The highest BCUT2D eigenvalue weighted by molar-refractivity contribution is 5.84. The molecule has 22 heavy (non-hydrogen) atoms. The molecule has 0 bridgehead atoms. The van der Waals surface area contributed by atoms with Crippen LogP contribution in [0, 0.1) is 6.92 Å². The summed E-state index contributed by atoms with van der Waals surface area (Å²) < 4.78 is 3.45. The van der Waals surface area contributed by atoms with Crippen molar-refractivity contribution >= 4 is 5.97 Å². The minimum atomic E-state index is -1.07. The van der Waals surface area contributed by atoms with E-state index in [0.29, 0.717) is 6.54 Å². The van der Waals surface area contributed by atoms with Gasteiger partial charge < -0.3 is 5.11 Å². The Morgan fingerprint density at radius 1 is 1.14 bits per heavy atom. The number of hydrogen-bond acceptors (Lipinski definition) is 4. The standard InChI is InChI=1S/C15H15N5O2/c1-11-6-7-16-20(11)9-13-4-2-12(3-5-13)8-19-10-14(15(21)22)17-18-19/h2-7,10H,8-9H2,1H3,(H,21,22). The number of nitrogens with zero attached hydrogens (tertiary/aromatic N) is 5. The third-order valence-corrected chi connectivity index (χ3v) is 3.39. The molecule has 0 aliphatic carbocycles. The van der Waals surface area contributed by atoms with E-state index in [1.54, 1.807) is 6.20 Å². The normalized spacial score (nSPS) is 10.8. The molecule has 0 radical (unpaired) electrons. The van der Waals surface area contributed by atoms with E-state index in [2.05, 4.69) is 15.4 Å². The number of hydrogen-bond donors (Lipinski definition) is 1. The Bertz CT molecular complexity index is 788. The Hall–Kier alpha value is -2.96. The van der Waals surface area contributed by atoms with Crippen LogP contribution in [0.1, 0.15) is 27.3 Å². The quantitative estimate of drug-likeness (QED) is 0.772. The third-order valence-electron chi connectivity index (χ3n) is 3.39. The maximum atomic E-state index is 10.8. The molecule has 3 rings (SSSR count). The second-order valence-electron chi connectivity index (χ2n) is 5.05. The van der Waals surface area contributed by atoms with Crippen LogP contribution in [0.15, 0.2) is 42.7 Å². The Kier molecular flexibility index (Phi) is 3.69. The molecule has 0 aliphatic heterocycles. The number of carboxylic acids is 1. The molecule has 0 saturated carbocycles. The van der Waals surface area contributed by atoms with E-state index in [1.165, 1.54) is 10.9 Å². The molecule has 1 N–H and O–H groups in total. The van der Waals surface area contributed by atoms with Crippen LogP contribution in [0.25, 0.3) is 0 Å². The van der Waals surface area contributed by atoms with Gasteiger partial charge in [-0.05, 0) is 24.1 Å². The van der Waals surface area contributed by atoms with Crippen molar-refractivity contribution in [3.63, 3.8) is 0 Å². The van der Waals surface area contributed by atoms with Crippen molar-refractivity contribution in [1.82, 2.24) is 24.8 Å². The lowest BCUT2D eigenvalue weighted by atomic mass is 10.1. The van der Waals surface area contributed by atoms with Gasteiger partial charge in [0.15, 0.2) is 5.69 Å². The first-order valence-electron chi connectivity index (χ1n) is 6.81. The molecule has 0 unspecified atom stereocenters. The van der Waals surface area contributed by atoms with E-state index in [1.807, 2.05) is 41.9 Å². The average molecular weight is 297 g/mol. The van der Waals surface area contributed by atoms with Crippen molar-refractivity contribution in [2.75, 3.05) is 0 Å². The Labute approximate surface area is 126 Å². The van der Waals surface area contributed by atoms with Crippen molar-refractivity contribution in [2.24, 2.45) is 0 Å². The number of aryl methyl sites for hydroxylation is 1. The number of aromatic carboxylic acids is 1. The molecule has 0 saturated heterocycles. The zero-order valence-electron chi connectivity index (χ0n) is 12.0. The largest absolute Gasteiger partial charge is 0.476 e. The molecule has 112 valence electrons. The third kappa shape index (κ3) is 3.03. The molecule has 1 aromatic carbocycles. The Balaban J connectivity index is 1.68. The first-order valence-corrected chi connectivity index (χ1v) is 6.81. The molecule has 0 amide bonds. The van der Waals surface area contributed by atoms with Crippen molar-refractivity contribution in [2.45, 2.75) is 20.0 Å². The molecule has 0 spiro atoms. The summed E-state index contributed by atoms with van der Waals surface area (Å²) >= 11 is 0. The predicted molar refractivity (Wildman–Crippen MR) is 78.6 cm³/mol. The van der Waals surface area contributed by atoms with Gasteiger partial charge in [0.2, 0.25) is 0 Å². The van der Waals surface area contributed by atoms with E-state index in [0.717, 1.165) is 23.4 Å². The first kappa shape index (κ1) is 14.0. The molecule has 0 atom stereocenters. The van der Waals surface area contributed by atoms with Gasteiger partial charge in [-0.15, -0.1) is 5.10 Å². The lowest BCUT2D eigenvalue weighted by Gasteiger charge is -2.06. The number of carbonyl (C=O) groups is 1. The van der Waals surface area contributed by atoms with Crippen molar-refractivity contribution in [3.05, 3.63) is 65.2 Å². The van der Waals surface area contributed by atoms with E-state index < -0.39 is 5.97 Å². The molecule has 2 heterocycles. The van der Waals surface area contributed by atoms with Crippen molar-refractivity contribution < 1.29 is 9.90 Å². The SMILES string of the molecule is Cc1ccnn1Cc1ccc(Cn2cc(C(=O)O)nn2)cc1. The maximum absolute atomic E-state index is 10.8. The van der Waals surface area contributed by atoms with Crippen LogP contribution in [0.3, 0.4) is 0 Å². The summed E-state index contributed by atoms with van der Waals surface area (Å²) in [4.78, 5) is 10.8. The van der Waals surface area contributed by atoms with Gasteiger partial charge in [-0.3, -0.25) is 4.68 Å². The van der Waals surface area contributed by atoms with Gasteiger partial charge in [0, 0.05) is 11.9 Å². The molecular formula is C15H15N5O2. The number of benzene rings is 1. The lowest BCUT2D eigenvalue weighted by molar-refractivity contribution is 0.0690. The van der Waals surface area contributed by atoms with Crippen molar-refractivity contribution in [1.29, 1.82) is 0 Å². The molecule has 7 heteroatoms. The summed E-state index contributed by atoms with van der Waals surface area (Å²) in [5.74, 6) is -1.07. The van der Waals surface area contributed by atoms with Crippen LogP contribution in [0.4, 0.5) is 0 Å². The van der Waals surface area contributed by atoms with Gasteiger partial charge in [0.1, 0.15) is 0 Å². The fraction of sp³-hybridized carbons (Fsp3) is 0.200. The van der Waals surface area contributed by atoms with Gasteiger partial charge >= 0.3 is 5.97 Å². The highest BCUT2D eigenvalue weighted by Crippen LogP contribution is 2.09. The van der Waals surface area contributed by atoms with E-state index in [9.17, 15) is 4.79 Å². The zero-order chi connectivity index (χ0) is 15.5. The maximum Gasteiger partial charge on any atom is 0.358 e. The fourth-order valence-corrected chi connectivity index (χ4v) is 2.15. The van der Waals surface area contributed by atoms with Gasteiger partial charge in [-0.25, -0.2) is 9.48 Å². The second-order valence-corrected chi connectivity index (χ2v) is 5.05. The molecule has 0 fully saturated rings. The zero-order valence-corrected chi connectivity index (χ0v) is 12.0. The minimum Gasteiger partial charge on any atom is -0.476 e. The van der Waals surface area contributed by atoms with Crippen LogP contribution in [-0.4, -0.2) is 35.9 Å². The molecule has 7 nitrogen and oxygen atoms in total. The summed E-state index contributed by atoms with van der Waals surface area (Å²) in [5.41, 5.74) is 3.25. The van der Waals surface area contributed by atoms with Gasteiger partial charge in [-0.1, -0.05) is 29.5 Å². The number of aromatic nitrogens is 5. The summed E-state index contributed by atoms with van der Waals surface area (Å²) in [6.07, 6.45) is 3.21. The minimum absolute atomic E-state index is 0.0502. The predicted octanol–water partition coefficient (Wildman–Crippen LogP) is 1.58. The summed E-state index contributed by atoms with van der Waals surface area (Å²) in [6, 6.07) is 10.0. The summed E-state index contributed by atoms with van der Waals surface area (Å²) in [6.45, 7) is 3.24. The van der Waals surface area contributed by atoms with Gasteiger partial charge in [0.25, 0.3) is 0 Å². The highest BCUT2D eigenvalue weighted by Gasteiger charge is 2.08. The van der Waals surface area contributed by atoms with Crippen LogP contribution in [0.2, 0.25) is 0 Å². The van der Waals surface area contributed by atoms with Crippen LogP contribution in [-0.2, 0) is 13.1 Å². The lowest BCUT2D eigenvalue weighted by Crippen LogP contribution is -2.04. The molecule has 3 aromatic rings. The van der Waals surface area contributed by atoms with Crippen LogP contribution in [0.5, 0.6) is 0 Å². The van der Waals surface area contributed by atoms with Crippen LogP contribution < -0.4 is 0 Å². The Morgan fingerprint density at radius 3 is 2.36 bits per heavy atom. The van der Waals surface area contributed by atoms with Crippen LogP contribution >= 0.6 is 0 Å². The van der Waals surface area contributed by atoms with Gasteiger partial charge in [-0.2, -0.15) is 5.10 Å². The average Bonchev–Trinajstić information content (AvgIpc) is 3.11. The topological polar surface area (TPSA) is 85.8 Å². The van der Waals surface area contributed by atoms with E-state index >= 15 is 0 Å². The number of rotatable bonds is 5. The smallest absolute Gasteiger partial charge is 0.358 e. The van der Waals surface area contributed by atoms with E-state index in [-0.39, 0.29) is 5.69 Å². The van der Waals surface area contributed by atoms with Gasteiger partial charge in [0.05, 0.1) is 19.3 Å². The molecule has 0 aliphatic rings. The van der Waals surface area contributed by atoms with E-state index in [4.69, 9.17) is 5.11 Å². The monoisotopic (exact) mass is 297 g/mol. The summed E-state index contributed by atoms with van der Waals surface area (Å²) in [5, 5.41) is 20.5. The Morgan fingerprint density at radius 2 is 1.82 bits per heavy atom. The second kappa shape index (κ2) is 5.80. The molecule has 2 aromatic heterocycles. The van der Waals surface area contributed by atoms with Crippen molar-refractivity contribution in [3.8, 4) is 0 Å². The highest BCUT2D eigenvalue weighted by atomic mass is 16.4.